The largest absolute Gasteiger partial charge is 0.384 e. The number of imidazole rings is 1. The number of hydrogen-bond donors (Lipinski definition) is 3. The third kappa shape index (κ3) is 3.57. The van der Waals surface area contributed by atoms with Gasteiger partial charge in [0.15, 0.2) is 0 Å². The van der Waals surface area contributed by atoms with Crippen LogP contribution in [0.25, 0.3) is 5.65 Å². The number of anilines is 1. The van der Waals surface area contributed by atoms with Crippen molar-refractivity contribution in [2.24, 2.45) is 11.5 Å². The first-order valence-corrected chi connectivity index (χ1v) is 6.21. The summed E-state index contributed by atoms with van der Waals surface area (Å²) in [6, 6.07) is 6.26. The van der Waals surface area contributed by atoms with Gasteiger partial charge in [-0.1, -0.05) is 0 Å². The van der Waals surface area contributed by atoms with Crippen LogP contribution in [0, 0.1) is 0 Å². The Morgan fingerprint density at radius 2 is 1.59 bits per heavy atom. The van der Waals surface area contributed by atoms with Gasteiger partial charge in [-0.2, -0.15) is 0 Å². The van der Waals surface area contributed by atoms with Crippen LogP contribution >= 0.6 is 0 Å². The lowest BCUT2D eigenvalue weighted by Crippen LogP contribution is -2.11. The van der Waals surface area contributed by atoms with Gasteiger partial charge in [-0.3, -0.25) is 9.59 Å². The lowest BCUT2D eigenvalue weighted by Gasteiger charge is -1.95. The molecule has 0 aliphatic heterocycles. The first-order valence-electron chi connectivity index (χ1n) is 6.21. The van der Waals surface area contributed by atoms with Crippen LogP contribution in [0.4, 0.5) is 5.82 Å². The van der Waals surface area contributed by atoms with Gasteiger partial charge in [-0.15, -0.1) is 0 Å². The zero-order chi connectivity index (χ0) is 16.1. The molecular weight excluding hydrogens is 284 g/mol. The smallest absolute Gasteiger partial charge is 0.248 e. The SMILES string of the molecule is NC(=O)c1ccn2ccnc2c1.NC(=O)c1ccnc(N)c1. The molecule has 3 rings (SSSR count). The number of primary amides is 2. The topological polar surface area (TPSA) is 142 Å². The third-order valence-electron chi connectivity index (χ3n) is 2.75. The van der Waals surface area contributed by atoms with E-state index >= 15 is 0 Å². The normalized spacial score (nSPS) is 9.82. The van der Waals surface area contributed by atoms with Gasteiger partial charge in [-0.25, -0.2) is 9.97 Å². The highest BCUT2D eigenvalue weighted by atomic mass is 16.1. The molecule has 0 aliphatic rings. The quantitative estimate of drug-likeness (QED) is 0.619. The molecule has 0 aliphatic carbocycles. The van der Waals surface area contributed by atoms with E-state index in [1.807, 2.05) is 4.40 Å². The minimum atomic E-state index is -0.492. The molecule has 3 heterocycles. The number of nitrogens with zero attached hydrogens (tertiary/aromatic N) is 3. The molecule has 22 heavy (non-hydrogen) atoms. The summed E-state index contributed by atoms with van der Waals surface area (Å²) in [5.74, 6) is -0.620. The predicted molar refractivity (Wildman–Crippen MR) is 80.9 cm³/mol. The van der Waals surface area contributed by atoms with Crippen LogP contribution in [0.1, 0.15) is 20.7 Å². The van der Waals surface area contributed by atoms with E-state index in [4.69, 9.17) is 17.2 Å². The average molecular weight is 298 g/mol. The van der Waals surface area contributed by atoms with Crippen molar-refractivity contribution >= 4 is 23.3 Å². The number of aromatic nitrogens is 3. The maximum absolute atomic E-state index is 10.8. The summed E-state index contributed by atoms with van der Waals surface area (Å²) in [5.41, 5.74) is 16.9. The first-order chi connectivity index (χ1) is 10.5. The highest BCUT2D eigenvalue weighted by Crippen LogP contribution is 2.04. The van der Waals surface area contributed by atoms with Crippen LogP contribution in [0.3, 0.4) is 0 Å². The Morgan fingerprint density at radius 3 is 2.18 bits per heavy atom. The lowest BCUT2D eigenvalue weighted by atomic mass is 10.2. The van der Waals surface area contributed by atoms with Gasteiger partial charge in [0.25, 0.3) is 0 Å². The Balaban J connectivity index is 0.000000164. The fraction of sp³-hybridized carbons (Fsp3) is 0. The predicted octanol–water partition coefficient (Wildman–Crippen LogP) is 0.196. The second kappa shape index (κ2) is 6.35. The van der Waals surface area contributed by atoms with Crippen molar-refractivity contribution in [3.63, 3.8) is 0 Å². The highest BCUT2D eigenvalue weighted by molar-refractivity contribution is 5.93. The van der Waals surface area contributed by atoms with Gasteiger partial charge < -0.3 is 21.6 Å². The summed E-state index contributed by atoms with van der Waals surface area (Å²) in [6.07, 6.45) is 6.66. The summed E-state index contributed by atoms with van der Waals surface area (Å²) < 4.78 is 1.81. The summed E-state index contributed by atoms with van der Waals surface area (Å²) in [7, 11) is 0. The van der Waals surface area contributed by atoms with Crippen molar-refractivity contribution in [3.8, 4) is 0 Å². The molecule has 8 heteroatoms. The molecule has 0 atom stereocenters. The standard InChI is InChI=1S/C8H7N3O.C6H7N3O/c9-8(12)6-1-3-11-4-2-10-7(11)5-6;7-5-3-4(6(8)10)1-2-9-5/h1-5H,(H2,9,12);1-3H,(H2,7,9)(H2,8,10). The van der Waals surface area contributed by atoms with Crippen molar-refractivity contribution < 1.29 is 9.59 Å². The molecule has 3 aromatic heterocycles. The number of amides is 2. The van der Waals surface area contributed by atoms with E-state index in [9.17, 15) is 9.59 Å². The molecule has 0 saturated carbocycles. The molecule has 0 bridgehead atoms. The van der Waals surface area contributed by atoms with Crippen molar-refractivity contribution in [1.82, 2.24) is 14.4 Å². The highest BCUT2D eigenvalue weighted by Gasteiger charge is 2.01. The molecule has 8 nitrogen and oxygen atoms in total. The molecule has 0 spiro atoms. The van der Waals surface area contributed by atoms with E-state index in [1.165, 1.54) is 18.3 Å². The number of nitrogens with two attached hydrogens (primary N) is 3. The maximum atomic E-state index is 10.8. The van der Waals surface area contributed by atoms with Gasteiger partial charge in [0.05, 0.1) is 0 Å². The van der Waals surface area contributed by atoms with Crippen molar-refractivity contribution in [2.45, 2.75) is 0 Å². The maximum Gasteiger partial charge on any atom is 0.248 e. The Bertz CT molecular complexity index is 827. The molecule has 0 fully saturated rings. The van der Waals surface area contributed by atoms with Crippen LogP contribution in [0.2, 0.25) is 0 Å². The van der Waals surface area contributed by atoms with Gasteiger partial charge in [0, 0.05) is 35.9 Å². The summed E-state index contributed by atoms with van der Waals surface area (Å²) >= 11 is 0. The molecule has 2 amide bonds. The molecule has 0 saturated heterocycles. The molecule has 6 N–H and O–H groups in total. The Morgan fingerprint density at radius 1 is 0.909 bits per heavy atom. The van der Waals surface area contributed by atoms with Crippen molar-refractivity contribution in [3.05, 3.63) is 60.2 Å². The van der Waals surface area contributed by atoms with Gasteiger partial charge in [0.2, 0.25) is 11.8 Å². The number of carbonyl (C=O) groups excluding carboxylic acids is 2. The van der Waals surface area contributed by atoms with Gasteiger partial charge >= 0.3 is 0 Å². The van der Waals surface area contributed by atoms with E-state index < -0.39 is 11.8 Å². The first kappa shape index (κ1) is 15.0. The van der Waals surface area contributed by atoms with E-state index in [1.54, 1.807) is 30.7 Å². The summed E-state index contributed by atoms with van der Waals surface area (Å²) in [6.45, 7) is 0. The van der Waals surface area contributed by atoms with Crippen molar-refractivity contribution in [2.75, 3.05) is 5.73 Å². The van der Waals surface area contributed by atoms with Crippen LogP contribution in [0.15, 0.2) is 49.1 Å². The minimum absolute atomic E-state index is 0.302. The summed E-state index contributed by atoms with van der Waals surface area (Å²) in [4.78, 5) is 29.0. The average Bonchev–Trinajstić information content (AvgIpc) is 2.95. The second-order valence-corrected chi connectivity index (χ2v) is 4.31. The molecular formula is C14H14N6O2. The van der Waals surface area contributed by atoms with Gasteiger partial charge in [-0.05, 0) is 24.3 Å². The number of hydrogen-bond acceptors (Lipinski definition) is 5. The van der Waals surface area contributed by atoms with Crippen molar-refractivity contribution in [1.29, 1.82) is 0 Å². The molecule has 3 aromatic rings. The zero-order valence-electron chi connectivity index (χ0n) is 11.5. The van der Waals surface area contributed by atoms with E-state index in [2.05, 4.69) is 9.97 Å². The molecule has 112 valence electrons. The number of carbonyl (C=O) groups is 2. The number of rotatable bonds is 2. The molecule has 0 unspecified atom stereocenters. The third-order valence-corrected chi connectivity index (χ3v) is 2.75. The lowest BCUT2D eigenvalue weighted by molar-refractivity contribution is 0.0992. The Kier molecular flexibility index (Phi) is 4.33. The van der Waals surface area contributed by atoms with E-state index in [0.29, 0.717) is 16.9 Å². The monoisotopic (exact) mass is 298 g/mol. The summed E-state index contributed by atoms with van der Waals surface area (Å²) in [5, 5.41) is 0. The minimum Gasteiger partial charge on any atom is -0.384 e. The van der Waals surface area contributed by atoms with Crippen LogP contribution in [0.5, 0.6) is 0 Å². The molecule has 0 aromatic carbocycles. The number of nitrogen functional groups attached to an aromatic ring is 1. The zero-order valence-corrected chi connectivity index (χ0v) is 11.5. The van der Waals surface area contributed by atoms with Crippen LogP contribution in [-0.2, 0) is 0 Å². The second-order valence-electron chi connectivity index (χ2n) is 4.31. The fourth-order valence-corrected chi connectivity index (χ4v) is 1.67. The number of fused-ring (bicyclic) bond motifs is 1. The fourth-order valence-electron chi connectivity index (χ4n) is 1.67. The van der Waals surface area contributed by atoms with Gasteiger partial charge in [0.1, 0.15) is 11.5 Å². The Labute approximate surface area is 125 Å². The Hall–Kier alpha value is -3.42. The van der Waals surface area contributed by atoms with E-state index in [-0.39, 0.29) is 0 Å². The molecule has 0 radical (unpaired) electrons. The van der Waals surface area contributed by atoms with Crippen LogP contribution < -0.4 is 17.2 Å². The van der Waals surface area contributed by atoms with Crippen LogP contribution in [-0.4, -0.2) is 26.2 Å². The van der Waals surface area contributed by atoms with E-state index in [0.717, 1.165) is 5.65 Å². The number of pyridine rings is 2.